The van der Waals surface area contributed by atoms with E-state index < -0.39 is 3.79 Å². The molecule has 0 aliphatic carbocycles. The molecule has 0 spiro atoms. The van der Waals surface area contributed by atoms with E-state index in [0.717, 1.165) is 10.9 Å². The van der Waals surface area contributed by atoms with Crippen molar-refractivity contribution in [2.75, 3.05) is 0 Å². The lowest BCUT2D eigenvalue weighted by atomic mass is 10.1. The van der Waals surface area contributed by atoms with Gasteiger partial charge in [-0.05, 0) is 11.1 Å². The highest BCUT2D eigenvalue weighted by Crippen LogP contribution is 2.30. The molecule has 0 aliphatic rings. The molecule has 0 aliphatic heterocycles. The van der Waals surface area contributed by atoms with E-state index in [9.17, 15) is 0 Å². The van der Waals surface area contributed by atoms with Gasteiger partial charge in [-0.3, -0.25) is 0 Å². The molecule has 0 heterocycles. The Labute approximate surface area is 101 Å². The number of halogens is 4. The predicted molar refractivity (Wildman–Crippen MR) is 63.1 cm³/mol. The molecule has 0 nitrogen and oxygen atoms in total. The summed E-state index contributed by atoms with van der Waals surface area (Å²) in [5.74, 6) is 0. The summed E-state index contributed by atoms with van der Waals surface area (Å²) in [4.78, 5) is 0. The standard InChI is InChI=1S/C9H8BrCl3/c10-6-8-3-1-2-7(4-8)5-9(11,12)13/h1-4H,5-6H2. The zero-order chi connectivity index (χ0) is 9.90. The van der Waals surface area contributed by atoms with Gasteiger partial charge < -0.3 is 0 Å². The van der Waals surface area contributed by atoms with Crippen LogP contribution in [0.15, 0.2) is 24.3 Å². The first kappa shape index (κ1) is 11.6. The summed E-state index contributed by atoms with van der Waals surface area (Å²) in [6.45, 7) is 0. The van der Waals surface area contributed by atoms with Gasteiger partial charge in [0.1, 0.15) is 0 Å². The second-order valence-corrected chi connectivity index (χ2v) is 5.82. The van der Waals surface area contributed by atoms with Crippen LogP contribution < -0.4 is 0 Å². The molecule has 1 aromatic carbocycles. The van der Waals surface area contributed by atoms with Crippen LogP contribution in [-0.2, 0) is 11.8 Å². The minimum absolute atomic E-state index is 0.443. The van der Waals surface area contributed by atoms with Gasteiger partial charge in [-0.15, -0.1) is 0 Å². The van der Waals surface area contributed by atoms with E-state index in [0.29, 0.717) is 6.42 Å². The van der Waals surface area contributed by atoms with E-state index >= 15 is 0 Å². The molecule has 0 unspecified atom stereocenters. The van der Waals surface area contributed by atoms with Gasteiger partial charge >= 0.3 is 0 Å². The Kier molecular flexibility index (Phi) is 4.37. The summed E-state index contributed by atoms with van der Waals surface area (Å²) in [7, 11) is 0. The quantitative estimate of drug-likeness (QED) is 0.706. The molecule has 72 valence electrons. The zero-order valence-electron chi connectivity index (χ0n) is 6.74. The summed E-state index contributed by atoms with van der Waals surface area (Å²) < 4.78 is -1.20. The number of hydrogen-bond acceptors (Lipinski definition) is 0. The Morgan fingerprint density at radius 1 is 1.15 bits per heavy atom. The molecule has 0 amide bonds. The lowest BCUT2D eigenvalue weighted by molar-refractivity contribution is 1.02. The van der Waals surface area contributed by atoms with Gasteiger partial charge in [-0.1, -0.05) is 75.0 Å². The lowest BCUT2D eigenvalue weighted by Crippen LogP contribution is -2.06. The van der Waals surface area contributed by atoms with Crippen LogP contribution in [0.4, 0.5) is 0 Å². The van der Waals surface area contributed by atoms with E-state index in [1.165, 1.54) is 5.56 Å². The molecule has 0 aromatic heterocycles. The third kappa shape index (κ3) is 4.55. The van der Waals surface area contributed by atoms with E-state index in [1.54, 1.807) is 0 Å². The van der Waals surface area contributed by atoms with Crippen molar-refractivity contribution < 1.29 is 0 Å². The van der Waals surface area contributed by atoms with Gasteiger partial charge in [-0.2, -0.15) is 0 Å². The van der Waals surface area contributed by atoms with Crippen LogP contribution in [0, 0.1) is 0 Å². The molecule has 0 radical (unpaired) electrons. The Bertz CT molecular complexity index is 280. The number of alkyl halides is 4. The maximum atomic E-state index is 5.68. The molecule has 1 rings (SSSR count). The molecule has 0 atom stereocenters. The summed E-state index contributed by atoms with van der Waals surface area (Å²) in [6.07, 6.45) is 0.443. The van der Waals surface area contributed by atoms with Crippen molar-refractivity contribution in [1.82, 2.24) is 0 Å². The average molecular weight is 302 g/mol. The molecule has 1 aromatic rings. The minimum atomic E-state index is -1.20. The smallest absolute Gasteiger partial charge is 0.0876 e. The fourth-order valence-electron chi connectivity index (χ4n) is 1.05. The van der Waals surface area contributed by atoms with Gasteiger partial charge in [0.2, 0.25) is 0 Å². The number of benzene rings is 1. The van der Waals surface area contributed by atoms with Gasteiger partial charge in [-0.25, -0.2) is 0 Å². The highest BCUT2D eigenvalue weighted by atomic mass is 79.9. The Morgan fingerprint density at radius 2 is 1.77 bits per heavy atom. The van der Waals surface area contributed by atoms with Crippen LogP contribution in [0.2, 0.25) is 0 Å². The maximum Gasteiger partial charge on any atom is 0.194 e. The normalized spacial score (nSPS) is 11.7. The Balaban J connectivity index is 2.78. The van der Waals surface area contributed by atoms with Crippen LogP contribution in [0.25, 0.3) is 0 Å². The van der Waals surface area contributed by atoms with Crippen molar-refractivity contribution in [3.63, 3.8) is 0 Å². The maximum absolute atomic E-state index is 5.68. The first-order valence-electron chi connectivity index (χ1n) is 3.72. The van der Waals surface area contributed by atoms with Crippen LogP contribution in [0.3, 0.4) is 0 Å². The minimum Gasteiger partial charge on any atom is -0.0876 e. The van der Waals surface area contributed by atoms with Crippen molar-refractivity contribution in [1.29, 1.82) is 0 Å². The SMILES string of the molecule is ClC(Cl)(Cl)Cc1cccc(CBr)c1. The van der Waals surface area contributed by atoms with Gasteiger partial charge in [0.25, 0.3) is 0 Å². The second kappa shape index (κ2) is 4.88. The van der Waals surface area contributed by atoms with Crippen molar-refractivity contribution in [2.24, 2.45) is 0 Å². The molecule has 0 N–H and O–H groups in total. The fourth-order valence-corrected chi connectivity index (χ4v) is 1.87. The predicted octanol–water partition coefficient (Wildman–Crippen LogP) is 4.49. The van der Waals surface area contributed by atoms with Crippen molar-refractivity contribution in [2.45, 2.75) is 15.5 Å². The van der Waals surface area contributed by atoms with E-state index in [2.05, 4.69) is 15.9 Å². The van der Waals surface area contributed by atoms with E-state index in [1.807, 2.05) is 24.3 Å². The largest absolute Gasteiger partial charge is 0.194 e. The molecular weight excluding hydrogens is 294 g/mol. The zero-order valence-corrected chi connectivity index (χ0v) is 10.6. The number of hydrogen-bond donors (Lipinski definition) is 0. The molecular formula is C9H8BrCl3. The summed E-state index contributed by atoms with van der Waals surface area (Å²) >= 11 is 20.4. The lowest BCUT2D eigenvalue weighted by Gasteiger charge is -2.10. The molecule has 0 saturated carbocycles. The monoisotopic (exact) mass is 300 g/mol. The van der Waals surface area contributed by atoms with Crippen molar-refractivity contribution in [3.05, 3.63) is 35.4 Å². The first-order valence-corrected chi connectivity index (χ1v) is 5.97. The Hall–Kier alpha value is 0.570. The van der Waals surface area contributed by atoms with Crippen molar-refractivity contribution >= 4 is 50.7 Å². The summed E-state index contributed by atoms with van der Waals surface area (Å²) in [6, 6.07) is 7.96. The van der Waals surface area contributed by atoms with Gasteiger partial charge in [0.15, 0.2) is 3.79 Å². The van der Waals surface area contributed by atoms with Crippen LogP contribution in [0.1, 0.15) is 11.1 Å². The van der Waals surface area contributed by atoms with E-state index in [-0.39, 0.29) is 0 Å². The van der Waals surface area contributed by atoms with Crippen LogP contribution in [-0.4, -0.2) is 3.79 Å². The van der Waals surface area contributed by atoms with Gasteiger partial charge in [0, 0.05) is 11.8 Å². The Morgan fingerprint density at radius 3 is 2.31 bits per heavy atom. The number of rotatable bonds is 2. The molecule has 4 heteroatoms. The molecule has 13 heavy (non-hydrogen) atoms. The fraction of sp³-hybridized carbons (Fsp3) is 0.333. The summed E-state index contributed by atoms with van der Waals surface area (Å²) in [5.41, 5.74) is 2.23. The first-order chi connectivity index (χ1) is 6.01. The highest BCUT2D eigenvalue weighted by molar-refractivity contribution is 9.08. The van der Waals surface area contributed by atoms with Crippen molar-refractivity contribution in [3.8, 4) is 0 Å². The third-order valence-corrected chi connectivity index (χ3v) is 2.60. The van der Waals surface area contributed by atoms with Gasteiger partial charge in [0.05, 0.1) is 0 Å². The average Bonchev–Trinajstić information content (AvgIpc) is 2.01. The third-order valence-electron chi connectivity index (χ3n) is 1.55. The van der Waals surface area contributed by atoms with Crippen LogP contribution in [0.5, 0.6) is 0 Å². The van der Waals surface area contributed by atoms with E-state index in [4.69, 9.17) is 34.8 Å². The molecule has 0 bridgehead atoms. The van der Waals surface area contributed by atoms with Crippen LogP contribution >= 0.6 is 50.7 Å². The second-order valence-electron chi connectivity index (χ2n) is 2.75. The molecule has 0 fully saturated rings. The highest BCUT2D eigenvalue weighted by Gasteiger charge is 2.19. The topological polar surface area (TPSA) is 0 Å². The summed E-state index contributed by atoms with van der Waals surface area (Å²) in [5, 5.41) is 0.820. The molecule has 0 saturated heterocycles.